The zero-order chi connectivity index (χ0) is 5.45. The summed E-state index contributed by atoms with van der Waals surface area (Å²) in [5.41, 5.74) is 0. The van der Waals surface area contributed by atoms with Crippen molar-refractivity contribution in [1.82, 2.24) is 0 Å². The van der Waals surface area contributed by atoms with Gasteiger partial charge in [-0.25, -0.2) is 0 Å². The molecule has 6 heteroatoms. The van der Waals surface area contributed by atoms with Crippen LogP contribution in [0.2, 0.25) is 0 Å². The summed E-state index contributed by atoms with van der Waals surface area (Å²) >= 11 is -2.84. The van der Waals surface area contributed by atoms with Crippen LogP contribution in [0.4, 0.5) is 0 Å². The fraction of sp³-hybridized carbons (Fsp3) is 0. The normalized spacial score (nSPS) is 15.0. The van der Waals surface area contributed by atoms with Crippen LogP contribution in [0.1, 0.15) is 0 Å². The molecule has 0 fully saturated rings. The number of halogens is 5. The van der Waals surface area contributed by atoms with Crippen LogP contribution in [0.3, 0.4) is 0 Å². The van der Waals surface area contributed by atoms with Crippen molar-refractivity contribution in [2.24, 2.45) is 0 Å². The van der Waals surface area contributed by atoms with E-state index >= 15 is 0 Å². The molecule has 0 spiro atoms. The quantitative estimate of drug-likeness (QED) is 0.456. The van der Waals surface area contributed by atoms with Gasteiger partial charge in [0.25, 0.3) is 0 Å². The third kappa shape index (κ3) is 24.8. The van der Waals surface area contributed by atoms with Crippen molar-refractivity contribution in [3.8, 4) is 0 Å². The van der Waals surface area contributed by atoms with E-state index in [9.17, 15) is 0 Å². The molecular weight excluding hydrogens is 487 g/mol. The fourth-order valence-corrected chi connectivity index (χ4v) is 0. The minimum atomic E-state index is -2.84. The van der Waals surface area contributed by atoms with Gasteiger partial charge < -0.3 is 0 Å². The molecule has 0 aliphatic heterocycles. The Bertz CT molecular complexity index is 37.1. The molecular formula is Br5Sr. The van der Waals surface area contributed by atoms with Gasteiger partial charge in [0.1, 0.15) is 0 Å². The molecule has 0 heterocycles. The van der Waals surface area contributed by atoms with Crippen LogP contribution in [0.5, 0.6) is 0 Å². The van der Waals surface area contributed by atoms with Gasteiger partial charge in [0.15, 0.2) is 0 Å². The molecule has 0 aromatic carbocycles. The van der Waals surface area contributed by atoms with Crippen LogP contribution in [0.25, 0.3) is 0 Å². The van der Waals surface area contributed by atoms with Crippen LogP contribution in [-0.2, 0) is 0 Å². The first-order valence-corrected chi connectivity index (χ1v) is 41.1. The molecule has 0 saturated heterocycles. The molecule has 37 valence electrons. The summed E-state index contributed by atoms with van der Waals surface area (Å²) in [6, 6.07) is 0. The SMILES string of the molecule is [Br][Sr]([Br])([Br])([Br])[Br]. The first kappa shape index (κ1) is 9.88. The van der Waals surface area contributed by atoms with Crippen LogP contribution >= 0.6 is 39.8 Å². The van der Waals surface area contributed by atoms with Crippen molar-refractivity contribution in [3.63, 3.8) is 0 Å². The van der Waals surface area contributed by atoms with Crippen molar-refractivity contribution < 1.29 is 0 Å². The van der Waals surface area contributed by atoms with Gasteiger partial charge in [0, 0.05) is 0 Å². The first-order valence-electron chi connectivity index (χ1n) is 1.34. The van der Waals surface area contributed by atoms with E-state index < -0.39 is 17.9 Å². The Morgan fingerprint density at radius 1 is 0.667 bits per heavy atom. The van der Waals surface area contributed by atoms with Gasteiger partial charge >= 0.3 is 57.7 Å². The molecule has 0 atom stereocenters. The third-order valence-electron chi connectivity index (χ3n) is 0. The monoisotopic (exact) mass is 482 g/mol. The van der Waals surface area contributed by atoms with E-state index in [1.54, 1.807) is 0 Å². The molecule has 0 nitrogen and oxygen atoms in total. The van der Waals surface area contributed by atoms with E-state index in [-0.39, 0.29) is 0 Å². The molecule has 0 bridgehead atoms. The van der Waals surface area contributed by atoms with Gasteiger partial charge in [0.2, 0.25) is 0 Å². The van der Waals surface area contributed by atoms with Crippen molar-refractivity contribution >= 4 is 57.7 Å². The minimum absolute atomic E-state index is 2.84. The predicted octanol–water partition coefficient (Wildman–Crippen LogP) is 3.85. The summed E-state index contributed by atoms with van der Waals surface area (Å²) in [7, 11) is 16.9. The topological polar surface area (TPSA) is 0 Å². The predicted molar refractivity (Wildman–Crippen MR) is 50.4 cm³/mol. The molecule has 0 amide bonds. The van der Waals surface area contributed by atoms with Gasteiger partial charge in [-0.05, 0) is 0 Å². The maximum absolute atomic E-state index is 3.37. The van der Waals surface area contributed by atoms with Crippen molar-refractivity contribution in [2.75, 3.05) is 0 Å². The Kier molecular flexibility index (Phi) is 4.71. The van der Waals surface area contributed by atoms with Gasteiger partial charge in [-0.15, -0.1) is 0 Å². The summed E-state index contributed by atoms with van der Waals surface area (Å²) in [6.07, 6.45) is 0. The molecule has 0 N–H and O–H groups in total. The first-order chi connectivity index (χ1) is 2.24. The molecule has 0 rings (SSSR count). The molecule has 0 saturated carbocycles. The summed E-state index contributed by atoms with van der Waals surface area (Å²) in [5, 5.41) is 0. The van der Waals surface area contributed by atoms with E-state index in [1.807, 2.05) is 0 Å². The van der Waals surface area contributed by atoms with E-state index in [2.05, 4.69) is 39.8 Å². The number of rotatable bonds is 0. The average molecular weight is 487 g/mol. The van der Waals surface area contributed by atoms with Crippen LogP contribution in [0.15, 0.2) is 0 Å². The molecule has 0 aliphatic rings. The average Bonchev–Trinajstić information content (AvgIpc) is 0.650. The van der Waals surface area contributed by atoms with Crippen molar-refractivity contribution in [2.45, 2.75) is 0 Å². The standard InChI is InChI=1S/5BrH.Sr/h5*1H;/q;;;;;+5/p-5. The molecule has 0 unspecified atom stereocenters. The Balaban J connectivity index is 3.73. The van der Waals surface area contributed by atoms with Gasteiger partial charge in [0.05, 0.1) is 0 Å². The van der Waals surface area contributed by atoms with Crippen molar-refractivity contribution in [3.05, 3.63) is 0 Å². The number of hydrogen-bond acceptors (Lipinski definition) is 0. The zero-order valence-electron chi connectivity index (χ0n) is 2.60. The molecule has 6 heavy (non-hydrogen) atoms. The second-order valence-corrected chi connectivity index (χ2v) is 161. The third-order valence-corrected chi connectivity index (χ3v) is 0. The molecule has 0 aliphatic carbocycles. The van der Waals surface area contributed by atoms with Gasteiger partial charge in [-0.2, -0.15) is 0 Å². The summed E-state index contributed by atoms with van der Waals surface area (Å²) < 4.78 is 0. The fourth-order valence-electron chi connectivity index (χ4n) is 0. The Labute approximate surface area is 54.6 Å². The van der Waals surface area contributed by atoms with Gasteiger partial charge in [-0.1, -0.05) is 0 Å². The summed E-state index contributed by atoms with van der Waals surface area (Å²) in [4.78, 5) is 0. The Morgan fingerprint density at radius 2 is 0.667 bits per heavy atom. The Hall–Kier alpha value is 3.88. The van der Waals surface area contributed by atoms with Crippen LogP contribution in [0, 0.1) is 0 Å². The second-order valence-electron chi connectivity index (χ2n) is 1.01. The van der Waals surface area contributed by atoms with E-state index in [1.165, 1.54) is 0 Å². The summed E-state index contributed by atoms with van der Waals surface area (Å²) in [5.74, 6) is 0. The van der Waals surface area contributed by atoms with E-state index in [0.717, 1.165) is 0 Å². The zero-order valence-corrected chi connectivity index (χ0v) is 14.0. The van der Waals surface area contributed by atoms with Crippen LogP contribution in [-0.4, -0.2) is 17.9 Å². The van der Waals surface area contributed by atoms with E-state index in [4.69, 9.17) is 0 Å². The molecule has 0 aromatic rings. The Morgan fingerprint density at radius 3 is 0.667 bits per heavy atom. The van der Waals surface area contributed by atoms with Gasteiger partial charge in [-0.3, -0.25) is 0 Å². The molecule has 0 aromatic heterocycles. The maximum atomic E-state index is 3.37. The summed E-state index contributed by atoms with van der Waals surface area (Å²) in [6.45, 7) is 0. The molecule has 1 radical (unpaired) electrons. The van der Waals surface area contributed by atoms with Crippen molar-refractivity contribution in [1.29, 1.82) is 0 Å². The van der Waals surface area contributed by atoms with E-state index in [0.29, 0.717) is 0 Å². The second kappa shape index (κ2) is 2.86. The van der Waals surface area contributed by atoms with Crippen LogP contribution < -0.4 is 0 Å². The number of hydrogen-bond donors (Lipinski definition) is 0.